The summed E-state index contributed by atoms with van der Waals surface area (Å²) in [5.41, 5.74) is 6.94. The van der Waals surface area contributed by atoms with E-state index in [1.807, 2.05) is 0 Å². The van der Waals surface area contributed by atoms with Gasteiger partial charge in [-0.1, -0.05) is 6.58 Å². The van der Waals surface area contributed by atoms with Crippen LogP contribution in [0.25, 0.3) is 0 Å². The van der Waals surface area contributed by atoms with Crippen molar-refractivity contribution in [3.63, 3.8) is 0 Å². The largest absolute Gasteiger partial charge is 0.506 e. The number of nitrogens with one attached hydrogen (secondary N) is 4. The third-order valence-corrected chi connectivity index (χ3v) is 4.26. The number of amides is 3. The molecule has 0 aliphatic heterocycles. The number of aromatic nitrogens is 2. The summed E-state index contributed by atoms with van der Waals surface area (Å²) in [4.78, 5) is 35.9. The van der Waals surface area contributed by atoms with Crippen LogP contribution in [0.3, 0.4) is 0 Å². The molecule has 1 heterocycles. The number of fused-ring (bicyclic) bond motifs is 1. The zero-order valence-electron chi connectivity index (χ0n) is 14.5. The van der Waals surface area contributed by atoms with Gasteiger partial charge in [-0.05, 0) is 50.0 Å². The second kappa shape index (κ2) is 7.73. The molecule has 5 N–H and O–H groups in total. The lowest BCUT2D eigenvalue weighted by Gasteiger charge is -2.12. The zero-order chi connectivity index (χ0) is 19.4. The number of carbonyl (C=O) groups excluding carboxylic acids is 3. The SMILES string of the molecule is C=CC(=O)Nc1cc(C(=O)NNC(=O)c2n[nH]c3c2CCCC3)ccc1O. The van der Waals surface area contributed by atoms with Crippen molar-refractivity contribution in [2.45, 2.75) is 25.7 Å². The maximum atomic E-state index is 12.3. The van der Waals surface area contributed by atoms with E-state index in [4.69, 9.17) is 0 Å². The topological polar surface area (TPSA) is 136 Å². The van der Waals surface area contributed by atoms with Gasteiger partial charge in [0.1, 0.15) is 5.75 Å². The Hall–Kier alpha value is -3.62. The van der Waals surface area contributed by atoms with E-state index in [0.29, 0.717) is 0 Å². The van der Waals surface area contributed by atoms with Crippen molar-refractivity contribution < 1.29 is 19.5 Å². The van der Waals surface area contributed by atoms with Gasteiger partial charge >= 0.3 is 0 Å². The normalized spacial score (nSPS) is 12.6. The molecular formula is C18H19N5O4. The van der Waals surface area contributed by atoms with E-state index >= 15 is 0 Å². The van der Waals surface area contributed by atoms with Crippen LogP contribution in [-0.4, -0.2) is 33.0 Å². The lowest BCUT2D eigenvalue weighted by molar-refractivity contribution is -0.111. The van der Waals surface area contributed by atoms with Crippen molar-refractivity contribution in [1.29, 1.82) is 0 Å². The van der Waals surface area contributed by atoms with Crippen LogP contribution in [0.4, 0.5) is 5.69 Å². The van der Waals surface area contributed by atoms with Crippen molar-refractivity contribution in [1.82, 2.24) is 21.0 Å². The van der Waals surface area contributed by atoms with Crippen LogP contribution >= 0.6 is 0 Å². The van der Waals surface area contributed by atoms with Gasteiger partial charge in [0.25, 0.3) is 11.8 Å². The van der Waals surface area contributed by atoms with Crippen molar-refractivity contribution in [2.75, 3.05) is 5.32 Å². The fraction of sp³-hybridized carbons (Fsp3) is 0.222. The maximum absolute atomic E-state index is 12.3. The predicted octanol–water partition coefficient (Wildman–Crippen LogP) is 1.19. The summed E-state index contributed by atoms with van der Waals surface area (Å²) in [7, 11) is 0. The van der Waals surface area contributed by atoms with Crippen molar-refractivity contribution in [2.24, 2.45) is 0 Å². The number of phenols is 1. The minimum Gasteiger partial charge on any atom is -0.506 e. The molecule has 0 atom stereocenters. The fourth-order valence-corrected chi connectivity index (χ4v) is 2.87. The van der Waals surface area contributed by atoms with E-state index < -0.39 is 17.7 Å². The first-order chi connectivity index (χ1) is 13.0. The van der Waals surface area contributed by atoms with Gasteiger partial charge in [-0.25, -0.2) is 0 Å². The van der Waals surface area contributed by atoms with Crippen LogP contribution in [0.2, 0.25) is 0 Å². The summed E-state index contributed by atoms with van der Waals surface area (Å²) in [6, 6.07) is 3.91. The van der Waals surface area contributed by atoms with Crippen molar-refractivity contribution in [3.8, 4) is 5.75 Å². The second-order valence-corrected chi connectivity index (χ2v) is 6.07. The molecule has 0 unspecified atom stereocenters. The molecule has 1 aromatic carbocycles. The molecule has 1 aromatic heterocycles. The molecule has 140 valence electrons. The van der Waals surface area contributed by atoms with Crippen LogP contribution in [0, 0.1) is 0 Å². The Morgan fingerprint density at radius 2 is 1.89 bits per heavy atom. The van der Waals surface area contributed by atoms with Crippen LogP contribution < -0.4 is 16.2 Å². The van der Waals surface area contributed by atoms with Crippen LogP contribution in [0.5, 0.6) is 5.75 Å². The third-order valence-electron chi connectivity index (χ3n) is 4.26. The second-order valence-electron chi connectivity index (χ2n) is 6.07. The summed E-state index contributed by atoms with van der Waals surface area (Å²) >= 11 is 0. The Balaban J connectivity index is 1.66. The number of rotatable bonds is 4. The number of hydrogen-bond acceptors (Lipinski definition) is 5. The van der Waals surface area contributed by atoms with E-state index in [9.17, 15) is 19.5 Å². The van der Waals surface area contributed by atoms with Gasteiger partial charge in [-0.2, -0.15) is 5.10 Å². The number of hydrogen-bond donors (Lipinski definition) is 5. The minimum atomic E-state index is -0.609. The average Bonchev–Trinajstić information content (AvgIpc) is 3.11. The Morgan fingerprint density at radius 1 is 1.15 bits per heavy atom. The van der Waals surface area contributed by atoms with E-state index in [0.717, 1.165) is 43.0 Å². The molecule has 0 saturated heterocycles. The molecule has 0 saturated carbocycles. The summed E-state index contributed by atoms with van der Waals surface area (Å²) < 4.78 is 0. The van der Waals surface area contributed by atoms with Crippen molar-refractivity contribution in [3.05, 3.63) is 53.4 Å². The molecule has 27 heavy (non-hydrogen) atoms. The van der Waals surface area contributed by atoms with Crippen LogP contribution in [0.1, 0.15) is 44.9 Å². The number of hydrazine groups is 1. The Morgan fingerprint density at radius 3 is 2.67 bits per heavy atom. The summed E-state index contributed by atoms with van der Waals surface area (Å²) in [6.07, 6.45) is 4.71. The van der Waals surface area contributed by atoms with E-state index in [1.54, 1.807) is 0 Å². The molecule has 1 aliphatic rings. The quantitative estimate of drug-likeness (QED) is 0.313. The van der Waals surface area contributed by atoms with Gasteiger partial charge in [0, 0.05) is 16.8 Å². The Kier molecular flexibility index (Phi) is 5.20. The molecule has 9 nitrogen and oxygen atoms in total. The number of aromatic amines is 1. The monoisotopic (exact) mass is 369 g/mol. The lowest BCUT2D eigenvalue weighted by atomic mass is 9.96. The predicted molar refractivity (Wildman–Crippen MR) is 97.1 cm³/mol. The molecule has 0 radical (unpaired) electrons. The lowest BCUT2D eigenvalue weighted by Crippen LogP contribution is -2.42. The molecule has 3 rings (SSSR count). The maximum Gasteiger partial charge on any atom is 0.290 e. The molecule has 0 spiro atoms. The van der Waals surface area contributed by atoms with Gasteiger partial charge in [0.05, 0.1) is 5.69 Å². The number of aromatic hydroxyl groups is 1. The zero-order valence-corrected chi connectivity index (χ0v) is 14.5. The standard InChI is InChI=1S/C18H19N5O4/c1-2-15(25)19-13-9-10(7-8-14(13)24)17(26)22-23-18(27)16-11-5-3-4-6-12(11)20-21-16/h2,7-9,24H,1,3-6H2,(H,19,25)(H,20,21)(H,22,26)(H,23,27). The summed E-state index contributed by atoms with van der Waals surface area (Å²) in [6.45, 7) is 3.32. The first-order valence-corrected chi connectivity index (χ1v) is 8.43. The summed E-state index contributed by atoms with van der Waals surface area (Å²) in [5.74, 6) is -1.85. The van der Waals surface area contributed by atoms with Crippen LogP contribution in [0.15, 0.2) is 30.9 Å². The fourth-order valence-electron chi connectivity index (χ4n) is 2.87. The first-order valence-electron chi connectivity index (χ1n) is 8.43. The number of nitrogens with zero attached hydrogens (tertiary/aromatic N) is 1. The number of aryl methyl sites for hydroxylation is 1. The third kappa shape index (κ3) is 3.97. The molecular weight excluding hydrogens is 350 g/mol. The number of anilines is 1. The van der Waals surface area contributed by atoms with Gasteiger partial charge in [-0.3, -0.25) is 30.3 Å². The minimum absolute atomic E-state index is 0.0558. The Bertz CT molecular complexity index is 918. The van der Waals surface area contributed by atoms with Gasteiger partial charge in [0.15, 0.2) is 5.69 Å². The number of phenolic OH excluding ortho intramolecular Hbond substituents is 1. The Labute approximate surface area is 154 Å². The van der Waals surface area contributed by atoms with E-state index in [2.05, 4.69) is 32.9 Å². The molecule has 9 heteroatoms. The van der Waals surface area contributed by atoms with Gasteiger partial charge in [0.2, 0.25) is 5.91 Å². The van der Waals surface area contributed by atoms with Crippen LogP contribution in [-0.2, 0) is 17.6 Å². The molecule has 1 aliphatic carbocycles. The molecule has 0 bridgehead atoms. The van der Waals surface area contributed by atoms with Gasteiger partial charge in [-0.15, -0.1) is 0 Å². The highest BCUT2D eigenvalue weighted by atomic mass is 16.3. The van der Waals surface area contributed by atoms with E-state index in [1.165, 1.54) is 18.2 Å². The average molecular weight is 369 g/mol. The number of carbonyl (C=O) groups is 3. The molecule has 0 fully saturated rings. The summed E-state index contributed by atoms with van der Waals surface area (Å²) in [5, 5.41) is 19.0. The molecule has 3 amide bonds. The van der Waals surface area contributed by atoms with Crippen molar-refractivity contribution >= 4 is 23.4 Å². The molecule has 2 aromatic rings. The van der Waals surface area contributed by atoms with Gasteiger partial charge < -0.3 is 10.4 Å². The van der Waals surface area contributed by atoms with E-state index in [-0.39, 0.29) is 22.7 Å². The highest BCUT2D eigenvalue weighted by molar-refractivity contribution is 6.02. The highest BCUT2D eigenvalue weighted by Crippen LogP contribution is 2.24. The smallest absolute Gasteiger partial charge is 0.290 e. The highest BCUT2D eigenvalue weighted by Gasteiger charge is 2.22. The number of H-pyrrole nitrogens is 1. The number of benzene rings is 1. The first kappa shape index (κ1) is 18.2.